The lowest BCUT2D eigenvalue weighted by Gasteiger charge is -2.46. The molecule has 2 aliphatic rings. The summed E-state index contributed by atoms with van der Waals surface area (Å²) in [5.41, 5.74) is 1.51. The fourth-order valence-corrected chi connectivity index (χ4v) is 3.06. The highest BCUT2D eigenvalue weighted by atomic mass is 79.9. The van der Waals surface area contributed by atoms with E-state index in [0.717, 1.165) is 17.6 Å². The van der Waals surface area contributed by atoms with Gasteiger partial charge in [0.1, 0.15) is 17.2 Å². The van der Waals surface area contributed by atoms with Crippen molar-refractivity contribution in [1.29, 1.82) is 0 Å². The Morgan fingerprint density at radius 3 is 3.06 bits per heavy atom. The Morgan fingerprint density at radius 2 is 2.28 bits per heavy atom. The van der Waals surface area contributed by atoms with Gasteiger partial charge in [-0.2, -0.15) is 0 Å². The molecule has 0 aliphatic carbocycles. The molecule has 0 amide bonds. The number of fused-ring (bicyclic) bond motifs is 2. The van der Waals surface area contributed by atoms with Crippen molar-refractivity contribution in [3.8, 4) is 5.75 Å². The predicted octanol–water partition coefficient (Wildman–Crippen LogP) is 3.79. The first kappa shape index (κ1) is 12.2. The maximum atomic E-state index is 13.6. The second-order valence-electron chi connectivity index (χ2n) is 5.08. The van der Waals surface area contributed by atoms with Gasteiger partial charge in [0.15, 0.2) is 0 Å². The molecule has 3 rings (SSSR count). The average Bonchev–Trinajstić information content (AvgIpc) is 2.32. The number of hydrogen-bond acceptors (Lipinski definition) is 2. The lowest BCUT2D eigenvalue weighted by atomic mass is 9.76. The van der Waals surface area contributed by atoms with Crippen LogP contribution >= 0.6 is 15.9 Å². The van der Waals surface area contributed by atoms with Crippen molar-refractivity contribution in [2.75, 3.05) is 13.2 Å². The fraction of sp³-hybridized carbons (Fsp3) is 0.429. The number of halogens is 2. The molecule has 4 heteroatoms. The molecule has 2 aliphatic heterocycles. The Balaban J connectivity index is 2.12. The highest BCUT2D eigenvalue weighted by molar-refractivity contribution is 9.10. The van der Waals surface area contributed by atoms with E-state index in [1.165, 1.54) is 6.07 Å². The van der Waals surface area contributed by atoms with Gasteiger partial charge in [0.2, 0.25) is 0 Å². The first-order valence-electron chi connectivity index (χ1n) is 5.96. The van der Waals surface area contributed by atoms with Gasteiger partial charge in [-0.1, -0.05) is 6.58 Å². The summed E-state index contributed by atoms with van der Waals surface area (Å²) in [6.07, 6.45) is 0.799. The lowest BCUT2D eigenvalue weighted by Crippen LogP contribution is -2.50. The Hall–Kier alpha value is -0.870. The van der Waals surface area contributed by atoms with Gasteiger partial charge in [-0.25, -0.2) is 4.39 Å². The van der Waals surface area contributed by atoms with Crippen LogP contribution in [0.2, 0.25) is 0 Å². The predicted molar refractivity (Wildman–Crippen MR) is 71.1 cm³/mol. The van der Waals surface area contributed by atoms with E-state index in [1.54, 1.807) is 6.07 Å². The third kappa shape index (κ3) is 1.70. The third-order valence-corrected chi connectivity index (χ3v) is 4.50. The summed E-state index contributed by atoms with van der Waals surface area (Å²) in [5, 5.41) is 0. The lowest BCUT2D eigenvalue weighted by molar-refractivity contribution is -0.0686. The van der Waals surface area contributed by atoms with Gasteiger partial charge in [-0.3, -0.25) is 0 Å². The van der Waals surface area contributed by atoms with Gasteiger partial charge >= 0.3 is 0 Å². The topological polar surface area (TPSA) is 18.5 Å². The molecule has 2 nitrogen and oxygen atoms in total. The Bertz CT molecular complexity index is 529. The maximum absolute atomic E-state index is 13.6. The van der Waals surface area contributed by atoms with Crippen LogP contribution in [0.1, 0.15) is 18.9 Å². The molecule has 96 valence electrons. The van der Waals surface area contributed by atoms with E-state index < -0.39 is 0 Å². The molecule has 0 spiro atoms. The largest absolute Gasteiger partial charge is 0.486 e. The van der Waals surface area contributed by atoms with Gasteiger partial charge in [0, 0.05) is 24.0 Å². The summed E-state index contributed by atoms with van der Waals surface area (Å²) >= 11 is 3.20. The fourth-order valence-electron chi connectivity index (χ4n) is 2.72. The van der Waals surface area contributed by atoms with Crippen LogP contribution in [0.4, 0.5) is 4.39 Å². The molecule has 0 aromatic heterocycles. The van der Waals surface area contributed by atoms with Gasteiger partial charge in [-0.15, -0.1) is 0 Å². The smallest absolute Gasteiger partial charge is 0.141 e. The van der Waals surface area contributed by atoms with Crippen molar-refractivity contribution < 1.29 is 13.9 Å². The van der Waals surface area contributed by atoms with Crippen molar-refractivity contribution in [3.05, 3.63) is 34.6 Å². The van der Waals surface area contributed by atoms with E-state index in [4.69, 9.17) is 9.47 Å². The maximum Gasteiger partial charge on any atom is 0.141 e. The summed E-state index contributed by atoms with van der Waals surface area (Å²) in [6, 6.07) is 3.17. The van der Waals surface area contributed by atoms with Crippen LogP contribution in [-0.4, -0.2) is 18.8 Å². The monoisotopic (exact) mass is 312 g/mol. The van der Waals surface area contributed by atoms with E-state index in [0.29, 0.717) is 23.4 Å². The minimum atomic E-state index is -0.331. The SMILES string of the molecule is C=C1c2cc(Br)c(F)cc2O[C@@]2(C)CCOC[C@H]12. The number of ether oxygens (including phenoxy) is 2. The second kappa shape index (κ2) is 4.07. The first-order valence-corrected chi connectivity index (χ1v) is 6.75. The summed E-state index contributed by atoms with van der Waals surface area (Å²) < 4.78 is 25.6. The molecule has 0 unspecified atom stereocenters. The summed E-state index contributed by atoms with van der Waals surface area (Å²) in [4.78, 5) is 0. The number of rotatable bonds is 0. The molecule has 1 aromatic rings. The normalized spacial score (nSPS) is 30.4. The minimum Gasteiger partial charge on any atom is -0.486 e. The molecule has 1 saturated heterocycles. The molecule has 2 atom stereocenters. The van der Waals surface area contributed by atoms with E-state index in [9.17, 15) is 4.39 Å². The zero-order chi connectivity index (χ0) is 12.9. The van der Waals surface area contributed by atoms with Crippen LogP contribution in [0.15, 0.2) is 23.2 Å². The van der Waals surface area contributed by atoms with Crippen LogP contribution in [0.5, 0.6) is 5.75 Å². The van der Waals surface area contributed by atoms with Gasteiger partial charge < -0.3 is 9.47 Å². The highest BCUT2D eigenvalue weighted by Crippen LogP contribution is 2.47. The molecule has 0 bridgehead atoms. The van der Waals surface area contributed by atoms with Crippen LogP contribution in [0, 0.1) is 11.7 Å². The molecule has 0 radical (unpaired) electrons. The van der Waals surface area contributed by atoms with Crippen LogP contribution in [-0.2, 0) is 4.74 Å². The van der Waals surface area contributed by atoms with E-state index in [1.807, 2.05) is 6.92 Å². The molecule has 0 saturated carbocycles. The minimum absolute atomic E-state index is 0.135. The summed E-state index contributed by atoms with van der Waals surface area (Å²) in [5.74, 6) is 0.410. The standard InChI is InChI=1S/C14H14BrFO2/c1-8-9-5-11(15)12(16)6-13(9)18-14(2)3-4-17-7-10(8)14/h5-6,10H,1,3-4,7H2,2H3/t10-,14+/m1/s1. The quantitative estimate of drug-likeness (QED) is 0.725. The Kier molecular flexibility index (Phi) is 2.75. The molecule has 1 aromatic carbocycles. The number of hydrogen-bond donors (Lipinski definition) is 0. The number of benzene rings is 1. The van der Waals surface area contributed by atoms with E-state index >= 15 is 0 Å². The van der Waals surface area contributed by atoms with Gasteiger partial charge in [0.05, 0.1) is 17.7 Å². The Morgan fingerprint density at radius 1 is 1.50 bits per heavy atom. The summed E-state index contributed by atoms with van der Waals surface area (Å²) in [7, 11) is 0. The molecule has 2 heterocycles. The zero-order valence-corrected chi connectivity index (χ0v) is 11.7. The molecular formula is C14H14BrFO2. The zero-order valence-electron chi connectivity index (χ0n) is 10.1. The molecule has 0 N–H and O–H groups in total. The summed E-state index contributed by atoms with van der Waals surface area (Å²) in [6.45, 7) is 7.49. The van der Waals surface area contributed by atoms with Crippen molar-refractivity contribution in [2.45, 2.75) is 18.9 Å². The van der Waals surface area contributed by atoms with Gasteiger partial charge in [0.25, 0.3) is 0 Å². The molecular weight excluding hydrogens is 299 g/mol. The first-order chi connectivity index (χ1) is 8.51. The van der Waals surface area contributed by atoms with Crippen LogP contribution in [0.25, 0.3) is 5.57 Å². The van der Waals surface area contributed by atoms with Crippen LogP contribution < -0.4 is 4.74 Å². The molecule has 18 heavy (non-hydrogen) atoms. The average molecular weight is 313 g/mol. The van der Waals surface area contributed by atoms with Crippen molar-refractivity contribution in [3.63, 3.8) is 0 Å². The van der Waals surface area contributed by atoms with Crippen molar-refractivity contribution in [2.24, 2.45) is 5.92 Å². The van der Waals surface area contributed by atoms with Gasteiger partial charge in [-0.05, 0) is 34.5 Å². The third-order valence-electron chi connectivity index (χ3n) is 3.90. The van der Waals surface area contributed by atoms with E-state index in [-0.39, 0.29) is 17.3 Å². The van der Waals surface area contributed by atoms with E-state index in [2.05, 4.69) is 22.5 Å². The van der Waals surface area contributed by atoms with Crippen LogP contribution in [0.3, 0.4) is 0 Å². The second-order valence-corrected chi connectivity index (χ2v) is 5.93. The van der Waals surface area contributed by atoms with Crippen molar-refractivity contribution in [1.82, 2.24) is 0 Å². The Labute approximate surface area is 114 Å². The van der Waals surface area contributed by atoms with Crippen molar-refractivity contribution >= 4 is 21.5 Å². The highest BCUT2D eigenvalue weighted by Gasteiger charge is 2.45. The molecule has 1 fully saturated rings.